The normalized spacial score (nSPS) is 26.8. The average molecular weight is 308 g/mol. The fraction of sp³-hybridized carbons (Fsp3) is 0.533. The Kier molecular flexibility index (Phi) is 4.14. The van der Waals surface area contributed by atoms with Crippen LogP contribution in [0.1, 0.15) is 32.1 Å². The van der Waals surface area contributed by atoms with Crippen LogP contribution in [-0.4, -0.2) is 33.6 Å². The van der Waals surface area contributed by atoms with Gasteiger partial charge in [-0.3, -0.25) is 0 Å². The fourth-order valence-corrected chi connectivity index (χ4v) is 4.19. The zero-order chi connectivity index (χ0) is 12.2. The van der Waals surface area contributed by atoms with Gasteiger partial charge in [0.25, 0.3) is 0 Å². The van der Waals surface area contributed by atoms with Gasteiger partial charge in [-0.05, 0) is 0 Å². The third-order valence-electron chi connectivity index (χ3n) is 3.77. The summed E-state index contributed by atoms with van der Waals surface area (Å²) in [5.41, 5.74) is 1.49. The van der Waals surface area contributed by atoms with E-state index in [0.29, 0.717) is 6.04 Å². The fourth-order valence-electron chi connectivity index (χ4n) is 2.87. The van der Waals surface area contributed by atoms with E-state index in [4.69, 9.17) is 8.81 Å². The quantitative estimate of drug-likeness (QED) is 0.783. The van der Waals surface area contributed by atoms with E-state index in [2.05, 4.69) is 24.3 Å². The van der Waals surface area contributed by atoms with E-state index in [9.17, 15) is 0 Å². The molecule has 1 fully saturated rings. The SMILES string of the molecule is c1ccc([Se]OCC2CC3CCCCC3=N2)cc1. The molecule has 1 aromatic carbocycles. The minimum absolute atomic E-state index is 0.148. The Bertz CT molecular complexity index is 418. The van der Waals surface area contributed by atoms with Crippen LogP contribution in [0.3, 0.4) is 0 Å². The monoisotopic (exact) mass is 309 g/mol. The maximum absolute atomic E-state index is 5.87. The predicted molar refractivity (Wildman–Crippen MR) is 75.6 cm³/mol. The topological polar surface area (TPSA) is 21.6 Å². The zero-order valence-electron chi connectivity index (χ0n) is 10.5. The summed E-state index contributed by atoms with van der Waals surface area (Å²) in [5, 5.41) is 0. The molecular weight excluding hydrogens is 289 g/mol. The van der Waals surface area contributed by atoms with Crippen LogP contribution in [0.15, 0.2) is 35.3 Å². The second-order valence-corrected chi connectivity index (χ2v) is 6.97. The van der Waals surface area contributed by atoms with E-state index in [1.807, 2.05) is 6.07 Å². The molecule has 3 heteroatoms. The first kappa shape index (κ1) is 12.4. The maximum atomic E-state index is 5.87. The summed E-state index contributed by atoms with van der Waals surface area (Å²) in [6, 6.07) is 10.9. The molecule has 2 atom stereocenters. The first-order chi connectivity index (χ1) is 8.92. The van der Waals surface area contributed by atoms with Gasteiger partial charge in [0, 0.05) is 0 Å². The van der Waals surface area contributed by atoms with Crippen molar-refractivity contribution in [2.24, 2.45) is 10.9 Å². The van der Waals surface area contributed by atoms with Crippen molar-refractivity contribution in [3.63, 3.8) is 0 Å². The Labute approximate surface area is 115 Å². The second-order valence-electron chi connectivity index (χ2n) is 5.13. The molecule has 0 bridgehead atoms. The molecule has 0 amide bonds. The molecular formula is C15H19NOSe. The first-order valence-corrected chi connectivity index (χ1v) is 8.38. The Balaban J connectivity index is 1.46. The van der Waals surface area contributed by atoms with Gasteiger partial charge in [-0.2, -0.15) is 0 Å². The summed E-state index contributed by atoms with van der Waals surface area (Å²) in [4.78, 5) is 4.84. The molecule has 0 saturated heterocycles. The molecule has 96 valence electrons. The van der Waals surface area contributed by atoms with Gasteiger partial charge in [-0.15, -0.1) is 0 Å². The van der Waals surface area contributed by atoms with E-state index in [1.54, 1.807) is 0 Å². The van der Waals surface area contributed by atoms with E-state index in [-0.39, 0.29) is 15.3 Å². The molecule has 2 aliphatic rings. The summed E-state index contributed by atoms with van der Waals surface area (Å²) >= 11 is 0.148. The summed E-state index contributed by atoms with van der Waals surface area (Å²) < 4.78 is 7.18. The van der Waals surface area contributed by atoms with Crippen LogP contribution < -0.4 is 4.46 Å². The van der Waals surface area contributed by atoms with Gasteiger partial charge in [0.05, 0.1) is 0 Å². The van der Waals surface area contributed by atoms with Crippen molar-refractivity contribution in [1.29, 1.82) is 0 Å². The standard InChI is InChI=1S/C15H19NOSe/c1-2-7-14(8-3-1)18-17-11-13-10-12-6-4-5-9-15(12)16-13/h1-3,7-8,12-13H,4-6,9-11H2. The van der Waals surface area contributed by atoms with Gasteiger partial charge in [-0.25, -0.2) is 0 Å². The van der Waals surface area contributed by atoms with Crippen LogP contribution in [0.5, 0.6) is 0 Å². The van der Waals surface area contributed by atoms with Crippen molar-refractivity contribution in [2.45, 2.75) is 38.1 Å². The van der Waals surface area contributed by atoms with Crippen molar-refractivity contribution >= 4 is 25.5 Å². The van der Waals surface area contributed by atoms with Crippen molar-refractivity contribution in [3.05, 3.63) is 30.3 Å². The predicted octanol–water partition coefficient (Wildman–Crippen LogP) is 2.35. The number of nitrogens with zero attached hydrogens (tertiary/aromatic N) is 1. The molecule has 0 spiro atoms. The molecule has 1 heterocycles. The molecule has 3 rings (SSSR count). The third kappa shape index (κ3) is 3.03. The van der Waals surface area contributed by atoms with Crippen molar-refractivity contribution in [1.82, 2.24) is 0 Å². The molecule has 0 N–H and O–H groups in total. The Morgan fingerprint density at radius 3 is 2.94 bits per heavy atom. The van der Waals surface area contributed by atoms with Crippen molar-refractivity contribution < 1.29 is 3.82 Å². The summed E-state index contributed by atoms with van der Waals surface area (Å²) in [5.74, 6) is 0.788. The second kappa shape index (κ2) is 6.01. The summed E-state index contributed by atoms with van der Waals surface area (Å²) in [6.45, 7) is 0.814. The van der Waals surface area contributed by atoms with Crippen LogP contribution in [0, 0.1) is 5.92 Å². The number of hydrogen-bond donors (Lipinski definition) is 0. The third-order valence-corrected chi connectivity index (χ3v) is 5.28. The molecule has 0 radical (unpaired) electrons. The van der Waals surface area contributed by atoms with E-state index >= 15 is 0 Å². The molecule has 1 aliphatic carbocycles. The molecule has 18 heavy (non-hydrogen) atoms. The van der Waals surface area contributed by atoms with Crippen LogP contribution in [0.25, 0.3) is 0 Å². The van der Waals surface area contributed by atoms with Crippen LogP contribution in [0.2, 0.25) is 0 Å². The Hall–Kier alpha value is -0.631. The number of hydrogen-bond acceptors (Lipinski definition) is 2. The van der Waals surface area contributed by atoms with Crippen LogP contribution >= 0.6 is 0 Å². The van der Waals surface area contributed by atoms with Crippen molar-refractivity contribution in [3.8, 4) is 0 Å². The number of rotatable bonds is 4. The summed E-state index contributed by atoms with van der Waals surface area (Å²) in [6.07, 6.45) is 6.58. The van der Waals surface area contributed by atoms with E-state index in [0.717, 1.165) is 12.5 Å². The van der Waals surface area contributed by atoms with Gasteiger partial charge < -0.3 is 0 Å². The Morgan fingerprint density at radius 1 is 1.22 bits per heavy atom. The molecule has 0 aromatic heterocycles. The van der Waals surface area contributed by atoms with Gasteiger partial charge in [0.1, 0.15) is 0 Å². The Morgan fingerprint density at radius 2 is 2.11 bits per heavy atom. The van der Waals surface area contributed by atoms with Crippen LogP contribution in [-0.2, 0) is 3.82 Å². The van der Waals surface area contributed by atoms with E-state index in [1.165, 1.54) is 42.3 Å². The van der Waals surface area contributed by atoms with Gasteiger partial charge in [0.2, 0.25) is 0 Å². The van der Waals surface area contributed by atoms with Gasteiger partial charge in [-0.1, -0.05) is 0 Å². The van der Waals surface area contributed by atoms with Crippen LogP contribution in [0.4, 0.5) is 0 Å². The molecule has 2 unspecified atom stereocenters. The van der Waals surface area contributed by atoms with Gasteiger partial charge in [0.15, 0.2) is 0 Å². The van der Waals surface area contributed by atoms with E-state index < -0.39 is 0 Å². The summed E-state index contributed by atoms with van der Waals surface area (Å²) in [7, 11) is 0. The first-order valence-electron chi connectivity index (χ1n) is 6.83. The number of fused-ring (bicyclic) bond motifs is 1. The number of benzene rings is 1. The van der Waals surface area contributed by atoms with Gasteiger partial charge >= 0.3 is 115 Å². The van der Waals surface area contributed by atoms with Crippen molar-refractivity contribution in [2.75, 3.05) is 6.61 Å². The number of aliphatic imine (C=N–C) groups is 1. The average Bonchev–Trinajstić information content (AvgIpc) is 2.82. The zero-order valence-corrected chi connectivity index (χ0v) is 12.3. The molecule has 1 saturated carbocycles. The molecule has 1 aromatic rings. The minimum atomic E-state index is 0.148. The molecule has 1 aliphatic heterocycles. The molecule has 2 nitrogen and oxygen atoms in total.